The van der Waals surface area contributed by atoms with Gasteiger partial charge in [-0.1, -0.05) is 55.2 Å². The number of carbonyl (C=O) groups excluding carboxylic acids is 2. The summed E-state index contributed by atoms with van der Waals surface area (Å²) in [5.41, 5.74) is 0.832. The Kier molecular flexibility index (Phi) is 11.9. The number of hydrogen-bond donors (Lipinski definition) is 1. The molecule has 2 amide bonds. The van der Waals surface area contributed by atoms with Gasteiger partial charge in [0.25, 0.3) is 10.0 Å². The van der Waals surface area contributed by atoms with Gasteiger partial charge in [0, 0.05) is 29.2 Å². The van der Waals surface area contributed by atoms with Crippen molar-refractivity contribution in [3.8, 4) is 11.5 Å². The molecule has 9 nitrogen and oxygen atoms in total. The van der Waals surface area contributed by atoms with Crippen LogP contribution in [-0.2, 0) is 26.2 Å². The molecule has 0 spiro atoms. The maximum atomic E-state index is 14.1. The molecule has 0 saturated heterocycles. The first-order valence-corrected chi connectivity index (χ1v) is 15.6. The minimum Gasteiger partial charge on any atom is -0.493 e. The molecule has 0 aliphatic rings. The van der Waals surface area contributed by atoms with Crippen molar-refractivity contribution >= 4 is 50.7 Å². The predicted octanol–water partition coefficient (Wildman–Crippen LogP) is 5.54. The van der Waals surface area contributed by atoms with Crippen LogP contribution < -0.4 is 19.1 Å². The highest BCUT2D eigenvalue weighted by atomic mass is 35.5. The molecule has 3 aromatic rings. The van der Waals surface area contributed by atoms with Gasteiger partial charge in [0.15, 0.2) is 11.5 Å². The van der Waals surface area contributed by atoms with Crippen LogP contribution in [0.4, 0.5) is 5.69 Å². The zero-order valence-corrected chi connectivity index (χ0v) is 26.3. The average molecular weight is 637 g/mol. The highest BCUT2D eigenvalue weighted by molar-refractivity contribution is 7.92. The van der Waals surface area contributed by atoms with E-state index in [9.17, 15) is 18.0 Å². The Bertz CT molecular complexity index is 1480. The molecule has 0 unspecified atom stereocenters. The number of benzene rings is 3. The van der Waals surface area contributed by atoms with Gasteiger partial charge in [0.1, 0.15) is 12.6 Å². The Morgan fingerprint density at radius 3 is 2.19 bits per heavy atom. The highest BCUT2D eigenvalue weighted by Gasteiger charge is 2.34. The SMILES string of the molecule is CCCNC(=O)[C@H](CC)N(Cc1ccccc1Cl)C(=O)CN(c1ccc(Cl)cc1)S(=O)(=O)c1ccc(OC)c(OC)c1. The molecule has 12 heteroatoms. The van der Waals surface area contributed by atoms with Crippen molar-refractivity contribution in [1.29, 1.82) is 0 Å². The molecule has 0 fully saturated rings. The van der Waals surface area contributed by atoms with Crippen LogP contribution in [0.1, 0.15) is 32.3 Å². The topological polar surface area (TPSA) is 105 Å². The third-order valence-electron chi connectivity index (χ3n) is 6.57. The lowest BCUT2D eigenvalue weighted by Crippen LogP contribution is -2.52. The van der Waals surface area contributed by atoms with Crippen LogP contribution in [0.25, 0.3) is 0 Å². The number of carbonyl (C=O) groups is 2. The lowest BCUT2D eigenvalue weighted by Gasteiger charge is -2.33. The fourth-order valence-corrected chi connectivity index (χ4v) is 6.09. The van der Waals surface area contributed by atoms with Gasteiger partial charge in [0.2, 0.25) is 11.8 Å². The standard InChI is InChI=1S/C30H35Cl2N3O6S/c1-5-17-33-30(37)26(6-2)34(19-21-9-7-8-10-25(21)32)29(36)20-35(23-13-11-22(31)12-14-23)42(38,39)24-15-16-27(40-3)28(18-24)41-4/h7-16,18,26H,5-6,17,19-20H2,1-4H3,(H,33,37)/t26-/m0/s1. The lowest BCUT2D eigenvalue weighted by molar-refractivity contribution is -0.140. The number of nitrogens with one attached hydrogen (secondary N) is 1. The summed E-state index contributed by atoms with van der Waals surface area (Å²) in [5.74, 6) is -0.367. The second-order valence-corrected chi connectivity index (χ2v) is 12.0. The van der Waals surface area contributed by atoms with Crippen LogP contribution in [0.3, 0.4) is 0 Å². The molecule has 226 valence electrons. The first-order chi connectivity index (χ1) is 20.1. The fraction of sp³-hybridized carbons (Fsp3) is 0.333. The van der Waals surface area contributed by atoms with E-state index < -0.39 is 28.5 Å². The molecular weight excluding hydrogens is 601 g/mol. The van der Waals surface area contributed by atoms with Gasteiger partial charge in [-0.3, -0.25) is 13.9 Å². The average Bonchev–Trinajstić information content (AvgIpc) is 2.99. The van der Waals surface area contributed by atoms with Crippen molar-refractivity contribution in [2.24, 2.45) is 0 Å². The number of methoxy groups -OCH3 is 2. The van der Waals surface area contributed by atoms with Gasteiger partial charge in [0.05, 0.1) is 24.8 Å². The van der Waals surface area contributed by atoms with E-state index in [1.165, 1.54) is 61.6 Å². The van der Waals surface area contributed by atoms with Crippen molar-refractivity contribution in [2.75, 3.05) is 31.6 Å². The molecule has 1 atom stereocenters. The Morgan fingerprint density at radius 2 is 1.60 bits per heavy atom. The van der Waals surface area contributed by atoms with Crippen molar-refractivity contribution < 1.29 is 27.5 Å². The van der Waals surface area contributed by atoms with E-state index >= 15 is 0 Å². The lowest BCUT2D eigenvalue weighted by atomic mass is 10.1. The van der Waals surface area contributed by atoms with Crippen LogP contribution >= 0.6 is 23.2 Å². The monoisotopic (exact) mass is 635 g/mol. The van der Waals surface area contributed by atoms with Gasteiger partial charge in [-0.25, -0.2) is 8.42 Å². The molecule has 3 rings (SSSR count). The Hall–Kier alpha value is -3.47. The van der Waals surface area contributed by atoms with Crippen LogP contribution in [-0.4, -0.2) is 58.5 Å². The molecule has 0 aliphatic heterocycles. The fourth-order valence-electron chi connectivity index (χ4n) is 4.34. The maximum Gasteiger partial charge on any atom is 0.264 e. The zero-order chi connectivity index (χ0) is 30.9. The number of ether oxygens (including phenoxy) is 2. The molecule has 42 heavy (non-hydrogen) atoms. The number of nitrogens with zero attached hydrogens (tertiary/aromatic N) is 2. The smallest absolute Gasteiger partial charge is 0.264 e. The summed E-state index contributed by atoms with van der Waals surface area (Å²) in [6.45, 7) is 3.56. The molecule has 0 bridgehead atoms. The van der Waals surface area contributed by atoms with Crippen LogP contribution in [0.2, 0.25) is 10.0 Å². The van der Waals surface area contributed by atoms with Crippen molar-refractivity contribution in [3.63, 3.8) is 0 Å². The molecule has 0 saturated carbocycles. The van der Waals surface area contributed by atoms with Crippen molar-refractivity contribution in [3.05, 3.63) is 82.3 Å². The Labute approximate surface area is 257 Å². The Balaban J connectivity index is 2.10. The van der Waals surface area contributed by atoms with E-state index in [2.05, 4.69) is 5.32 Å². The van der Waals surface area contributed by atoms with E-state index in [0.717, 1.165) is 4.31 Å². The van der Waals surface area contributed by atoms with Gasteiger partial charge >= 0.3 is 0 Å². The number of anilines is 1. The Morgan fingerprint density at radius 1 is 0.929 bits per heavy atom. The minimum atomic E-state index is -4.32. The van der Waals surface area contributed by atoms with Crippen molar-refractivity contribution in [2.45, 2.75) is 44.2 Å². The van der Waals surface area contributed by atoms with E-state index in [4.69, 9.17) is 32.7 Å². The number of rotatable bonds is 14. The molecule has 0 aliphatic carbocycles. The third kappa shape index (κ3) is 7.87. The molecule has 3 aromatic carbocycles. The normalized spacial score (nSPS) is 11.9. The summed E-state index contributed by atoms with van der Waals surface area (Å²) in [7, 11) is -1.48. The van der Waals surface area contributed by atoms with Gasteiger partial charge < -0.3 is 19.7 Å². The first-order valence-electron chi connectivity index (χ1n) is 13.4. The second-order valence-electron chi connectivity index (χ2n) is 9.33. The van der Waals surface area contributed by atoms with E-state index in [-0.39, 0.29) is 28.8 Å². The quantitative estimate of drug-likeness (QED) is 0.249. The van der Waals surface area contributed by atoms with E-state index in [0.29, 0.717) is 40.7 Å². The van der Waals surface area contributed by atoms with Gasteiger partial charge in [-0.15, -0.1) is 0 Å². The van der Waals surface area contributed by atoms with E-state index in [1.807, 2.05) is 6.92 Å². The summed E-state index contributed by atoms with van der Waals surface area (Å²) in [5, 5.41) is 3.67. The molecule has 0 radical (unpaired) electrons. The third-order valence-corrected chi connectivity index (χ3v) is 8.96. The minimum absolute atomic E-state index is 0.00141. The number of hydrogen-bond acceptors (Lipinski definition) is 6. The zero-order valence-electron chi connectivity index (χ0n) is 24.0. The first kappa shape index (κ1) is 33.0. The largest absolute Gasteiger partial charge is 0.493 e. The second kappa shape index (κ2) is 15.1. The van der Waals surface area contributed by atoms with Gasteiger partial charge in [-0.05, 0) is 60.9 Å². The van der Waals surface area contributed by atoms with Crippen molar-refractivity contribution in [1.82, 2.24) is 10.2 Å². The molecular formula is C30H35Cl2N3O6S. The summed E-state index contributed by atoms with van der Waals surface area (Å²) in [4.78, 5) is 28.6. The van der Waals surface area contributed by atoms with Crippen LogP contribution in [0.5, 0.6) is 11.5 Å². The summed E-state index contributed by atoms with van der Waals surface area (Å²) in [6, 6.07) is 16.4. The predicted molar refractivity (Wildman–Crippen MR) is 165 cm³/mol. The summed E-state index contributed by atoms with van der Waals surface area (Å²) < 4.78 is 39.8. The summed E-state index contributed by atoms with van der Waals surface area (Å²) >= 11 is 12.5. The molecule has 0 heterocycles. The molecule has 1 N–H and O–H groups in total. The van der Waals surface area contributed by atoms with E-state index in [1.54, 1.807) is 31.2 Å². The maximum absolute atomic E-state index is 14.1. The summed E-state index contributed by atoms with van der Waals surface area (Å²) in [6.07, 6.45) is 1.02. The highest BCUT2D eigenvalue weighted by Crippen LogP contribution is 2.33. The molecule has 0 aromatic heterocycles. The van der Waals surface area contributed by atoms with Gasteiger partial charge in [-0.2, -0.15) is 0 Å². The number of halogens is 2. The number of amides is 2. The van der Waals surface area contributed by atoms with Crippen LogP contribution in [0.15, 0.2) is 71.6 Å². The number of sulfonamides is 1. The van der Waals surface area contributed by atoms with Crippen LogP contribution in [0, 0.1) is 0 Å².